The molecule has 0 spiro atoms. The van der Waals surface area contributed by atoms with Crippen molar-refractivity contribution in [2.75, 3.05) is 6.54 Å². The molecule has 0 unspecified atom stereocenters. The Kier molecular flexibility index (Phi) is 9.05. The number of ether oxygens (including phenoxy) is 1. The van der Waals surface area contributed by atoms with Gasteiger partial charge in [0.1, 0.15) is 5.75 Å². The minimum atomic E-state index is -1.03. The molecule has 1 aliphatic heterocycles. The molecule has 6 heteroatoms. The molecule has 0 saturated heterocycles. The van der Waals surface area contributed by atoms with Gasteiger partial charge in [-0.2, -0.15) is 0 Å². The summed E-state index contributed by atoms with van der Waals surface area (Å²) in [5.41, 5.74) is 2.94. The Morgan fingerprint density at radius 1 is 0.816 bits per heavy atom. The van der Waals surface area contributed by atoms with Crippen molar-refractivity contribution in [3.8, 4) is 5.75 Å². The van der Waals surface area contributed by atoms with Gasteiger partial charge >= 0.3 is 29.6 Å². The van der Waals surface area contributed by atoms with Gasteiger partial charge in [-0.3, -0.25) is 4.79 Å². The Morgan fingerprint density at radius 2 is 1.50 bits per heavy atom. The number of hydrogen-bond donors (Lipinski definition) is 1. The van der Waals surface area contributed by atoms with Gasteiger partial charge in [0.25, 0.3) is 5.91 Å². The maximum atomic E-state index is 12.7. The first kappa shape index (κ1) is 27.6. The molecule has 0 radical (unpaired) electrons. The fourth-order valence-electron chi connectivity index (χ4n) is 4.87. The van der Waals surface area contributed by atoms with Crippen LogP contribution in [0.15, 0.2) is 97.1 Å². The van der Waals surface area contributed by atoms with Crippen molar-refractivity contribution in [3.63, 3.8) is 0 Å². The van der Waals surface area contributed by atoms with Crippen molar-refractivity contribution in [3.05, 3.63) is 119 Å². The summed E-state index contributed by atoms with van der Waals surface area (Å²) in [5.74, 6) is -0.386. The number of carbonyl (C=O) groups is 2. The van der Waals surface area contributed by atoms with Gasteiger partial charge < -0.3 is 20.0 Å². The van der Waals surface area contributed by atoms with Crippen LogP contribution in [0.3, 0.4) is 0 Å². The van der Waals surface area contributed by atoms with E-state index in [1.54, 1.807) is 0 Å². The van der Waals surface area contributed by atoms with Crippen LogP contribution < -0.4 is 44.7 Å². The molecular formula is C32H28NNaO4. The third-order valence-electron chi connectivity index (χ3n) is 6.79. The predicted octanol–water partition coefficient (Wildman–Crippen LogP) is 2.23. The van der Waals surface area contributed by atoms with E-state index in [0.717, 1.165) is 46.1 Å². The Labute approximate surface area is 244 Å². The van der Waals surface area contributed by atoms with E-state index >= 15 is 0 Å². The smallest absolute Gasteiger partial charge is 0.550 e. The number of benzene rings is 4. The fraction of sp³-hybridized carbons (Fsp3) is 0.188. The molecule has 0 aliphatic carbocycles. The number of rotatable bonds is 9. The van der Waals surface area contributed by atoms with E-state index in [9.17, 15) is 14.7 Å². The molecule has 1 N–H and O–H groups in total. The normalized spacial score (nSPS) is 13.2. The number of fused-ring (bicyclic) bond motifs is 3. The predicted molar refractivity (Wildman–Crippen MR) is 143 cm³/mol. The monoisotopic (exact) mass is 513 g/mol. The Bertz CT molecular complexity index is 1410. The molecule has 0 atom stereocenters. The van der Waals surface area contributed by atoms with E-state index in [1.807, 2.05) is 66.7 Å². The summed E-state index contributed by atoms with van der Waals surface area (Å²) in [4.78, 5) is 23.2. The van der Waals surface area contributed by atoms with Crippen molar-refractivity contribution in [1.29, 1.82) is 0 Å². The molecule has 0 aromatic heterocycles. The number of nitrogens with one attached hydrogen (secondary N) is 1. The van der Waals surface area contributed by atoms with Crippen LogP contribution in [-0.2, 0) is 10.4 Å². The number of unbranched alkanes of at least 4 members (excludes halogenated alkanes) is 2. The molecule has 4 aromatic carbocycles. The van der Waals surface area contributed by atoms with Gasteiger partial charge in [-0.25, -0.2) is 0 Å². The SMILES string of the molecule is O=C([O-])CCCCCNC(=O)c1ccc2c3c(ccc2c1)OC(c1ccccc1)(c1ccccc1)C=C3.[Na+]. The first-order valence-electron chi connectivity index (χ1n) is 12.6. The van der Waals surface area contributed by atoms with Gasteiger partial charge in [-0.15, -0.1) is 0 Å². The standard InChI is InChI=1S/C32H29NO4.Na/c34-30(35)14-8-3-9-21-33-31(36)24-15-17-27-23(22-24)16-18-29-28(27)19-20-32(37-29,25-10-4-1-5-11-25)26-12-6-2-7-13-26;/h1-2,4-7,10-13,15-20,22H,3,8-9,14,21H2,(H,33,36)(H,34,35);/q;+1/p-1. The van der Waals surface area contributed by atoms with Crippen LogP contribution in [0.2, 0.25) is 0 Å². The van der Waals surface area contributed by atoms with Crippen LogP contribution in [0.5, 0.6) is 5.75 Å². The van der Waals surface area contributed by atoms with Crippen LogP contribution in [0.25, 0.3) is 16.8 Å². The second-order valence-corrected chi connectivity index (χ2v) is 9.25. The zero-order valence-electron chi connectivity index (χ0n) is 21.5. The largest absolute Gasteiger partial charge is 1.00 e. The van der Waals surface area contributed by atoms with Crippen LogP contribution in [0, 0.1) is 0 Å². The van der Waals surface area contributed by atoms with Crippen molar-refractivity contribution < 1.29 is 49.0 Å². The zero-order valence-corrected chi connectivity index (χ0v) is 23.5. The molecule has 0 bridgehead atoms. The van der Waals surface area contributed by atoms with Gasteiger partial charge in [0.05, 0.1) is 0 Å². The van der Waals surface area contributed by atoms with Gasteiger partial charge in [0, 0.05) is 34.8 Å². The van der Waals surface area contributed by atoms with Gasteiger partial charge in [-0.1, -0.05) is 79.2 Å². The third kappa shape index (κ3) is 5.86. The van der Waals surface area contributed by atoms with Crippen LogP contribution >= 0.6 is 0 Å². The molecule has 38 heavy (non-hydrogen) atoms. The van der Waals surface area contributed by atoms with Crippen molar-refractivity contribution in [2.24, 2.45) is 0 Å². The average molecular weight is 514 g/mol. The Morgan fingerprint density at radius 3 is 2.16 bits per heavy atom. The number of carbonyl (C=O) groups excluding carboxylic acids is 2. The van der Waals surface area contributed by atoms with Crippen LogP contribution in [-0.4, -0.2) is 18.4 Å². The second-order valence-electron chi connectivity index (χ2n) is 9.25. The Hall–Kier alpha value is -3.38. The number of amides is 1. The third-order valence-corrected chi connectivity index (χ3v) is 6.79. The second kappa shape index (κ2) is 12.4. The number of aliphatic carboxylic acids is 1. The molecule has 4 aromatic rings. The molecule has 5 nitrogen and oxygen atoms in total. The summed E-state index contributed by atoms with van der Waals surface area (Å²) in [6, 6.07) is 30.1. The van der Waals surface area contributed by atoms with E-state index in [1.165, 1.54) is 0 Å². The molecular weight excluding hydrogens is 485 g/mol. The van der Waals surface area contributed by atoms with E-state index in [-0.39, 0.29) is 41.9 Å². The quantitative estimate of drug-likeness (QED) is 0.275. The van der Waals surface area contributed by atoms with Gasteiger partial charge in [-0.05, 0) is 60.4 Å². The maximum Gasteiger partial charge on any atom is 1.00 e. The van der Waals surface area contributed by atoms with Gasteiger partial charge in [0.2, 0.25) is 0 Å². The zero-order chi connectivity index (χ0) is 25.7. The summed E-state index contributed by atoms with van der Waals surface area (Å²) >= 11 is 0. The summed E-state index contributed by atoms with van der Waals surface area (Å²) in [6.07, 6.45) is 6.31. The van der Waals surface area contributed by atoms with E-state index in [2.05, 4.69) is 41.7 Å². The fourth-order valence-corrected chi connectivity index (χ4v) is 4.87. The summed E-state index contributed by atoms with van der Waals surface area (Å²) in [7, 11) is 0. The van der Waals surface area contributed by atoms with Crippen LogP contribution in [0.4, 0.5) is 0 Å². The summed E-state index contributed by atoms with van der Waals surface area (Å²) in [5, 5.41) is 15.4. The molecule has 1 amide bonds. The molecule has 5 rings (SSSR count). The van der Waals surface area contributed by atoms with Crippen LogP contribution in [0.1, 0.15) is 52.7 Å². The summed E-state index contributed by atoms with van der Waals surface area (Å²) < 4.78 is 6.77. The molecule has 1 aliphatic rings. The Balaban J connectivity index is 0.00000336. The number of hydrogen-bond acceptors (Lipinski definition) is 4. The summed E-state index contributed by atoms with van der Waals surface area (Å²) in [6.45, 7) is 0.506. The number of carboxylic acid groups (broad SMARTS) is 1. The maximum absolute atomic E-state index is 12.7. The van der Waals surface area contributed by atoms with Crippen molar-refractivity contribution in [2.45, 2.75) is 31.3 Å². The molecule has 186 valence electrons. The first-order chi connectivity index (χ1) is 18.1. The topological polar surface area (TPSA) is 78.5 Å². The number of carboxylic acids is 1. The van der Waals surface area contributed by atoms with E-state index in [0.29, 0.717) is 18.5 Å². The molecule has 1 heterocycles. The van der Waals surface area contributed by atoms with E-state index < -0.39 is 11.6 Å². The minimum Gasteiger partial charge on any atom is -0.550 e. The minimum absolute atomic E-state index is 0. The van der Waals surface area contributed by atoms with Gasteiger partial charge in [0.15, 0.2) is 5.60 Å². The van der Waals surface area contributed by atoms with E-state index in [4.69, 9.17) is 4.74 Å². The average Bonchev–Trinajstić information content (AvgIpc) is 2.94. The van der Waals surface area contributed by atoms with Crippen molar-refractivity contribution in [1.82, 2.24) is 5.32 Å². The molecule has 0 saturated carbocycles. The molecule has 0 fully saturated rings. The first-order valence-corrected chi connectivity index (χ1v) is 12.6. The van der Waals surface area contributed by atoms with Crippen molar-refractivity contribution >= 4 is 28.7 Å².